The number of hydrogen-bond donors (Lipinski definition) is 2. The molecule has 0 aliphatic carbocycles. The van der Waals surface area contributed by atoms with Gasteiger partial charge < -0.3 is 20.3 Å². The van der Waals surface area contributed by atoms with Crippen molar-refractivity contribution in [3.8, 4) is 11.5 Å². The summed E-state index contributed by atoms with van der Waals surface area (Å²) < 4.78 is 10.8. The molecule has 3 N–H and O–H groups in total. The van der Waals surface area contributed by atoms with Crippen molar-refractivity contribution >= 4 is 0 Å². The molecule has 0 fully saturated rings. The molecule has 4 heteroatoms. The predicted octanol–water partition coefficient (Wildman–Crippen LogP) is 1.53. The Balaban J connectivity index is 2.53. The first kappa shape index (κ1) is 11.2. The van der Waals surface area contributed by atoms with Crippen LogP contribution in [0.1, 0.15) is 36.9 Å². The molecule has 1 heterocycles. The van der Waals surface area contributed by atoms with Crippen LogP contribution in [0.4, 0.5) is 0 Å². The van der Waals surface area contributed by atoms with Crippen LogP contribution in [0.25, 0.3) is 0 Å². The highest BCUT2D eigenvalue weighted by Gasteiger charge is 2.24. The smallest absolute Gasteiger partial charge is 0.231 e. The van der Waals surface area contributed by atoms with Crippen LogP contribution >= 0.6 is 0 Å². The van der Waals surface area contributed by atoms with Crippen LogP contribution in [0, 0.1) is 0 Å². The van der Waals surface area contributed by atoms with Crippen molar-refractivity contribution in [2.24, 2.45) is 5.73 Å². The van der Waals surface area contributed by atoms with Crippen molar-refractivity contribution in [2.45, 2.75) is 25.8 Å². The number of benzene rings is 1. The zero-order valence-corrected chi connectivity index (χ0v) is 9.56. The number of aliphatic hydroxyl groups excluding tert-OH is 1. The third-order valence-electron chi connectivity index (χ3n) is 2.78. The SMILES string of the molecule is CC(C)c1c(C(N)CO)ccc2c1OCO2. The summed E-state index contributed by atoms with van der Waals surface area (Å²) in [6, 6.07) is 3.38. The zero-order chi connectivity index (χ0) is 11.7. The van der Waals surface area contributed by atoms with Gasteiger partial charge in [-0.1, -0.05) is 19.9 Å². The maximum Gasteiger partial charge on any atom is 0.231 e. The first-order chi connectivity index (χ1) is 7.65. The zero-order valence-electron chi connectivity index (χ0n) is 9.56. The molecule has 1 unspecified atom stereocenters. The second-order valence-electron chi connectivity index (χ2n) is 4.25. The second-order valence-corrected chi connectivity index (χ2v) is 4.25. The highest BCUT2D eigenvalue weighted by atomic mass is 16.7. The van der Waals surface area contributed by atoms with E-state index >= 15 is 0 Å². The quantitative estimate of drug-likeness (QED) is 0.815. The van der Waals surface area contributed by atoms with Crippen molar-refractivity contribution < 1.29 is 14.6 Å². The molecule has 16 heavy (non-hydrogen) atoms. The molecule has 0 radical (unpaired) electrons. The van der Waals surface area contributed by atoms with E-state index in [0.29, 0.717) is 0 Å². The van der Waals surface area contributed by atoms with Gasteiger partial charge in [-0.25, -0.2) is 0 Å². The van der Waals surface area contributed by atoms with Crippen LogP contribution in [-0.4, -0.2) is 18.5 Å². The van der Waals surface area contributed by atoms with Gasteiger partial charge in [0, 0.05) is 5.56 Å². The Labute approximate surface area is 95.0 Å². The minimum absolute atomic E-state index is 0.0701. The standard InChI is InChI=1S/C12H17NO3/c1-7(2)11-8(9(13)5-14)3-4-10-12(11)16-6-15-10/h3-4,7,9,14H,5-6,13H2,1-2H3. The van der Waals surface area contributed by atoms with Gasteiger partial charge in [0.2, 0.25) is 6.79 Å². The summed E-state index contributed by atoms with van der Waals surface area (Å²) in [5.74, 6) is 1.82. The molecule has 0 saturated carbocycles. The van der Waals surface area contributed by atoms with Crippen LogP contribution in [0.5, 0.6) is 11.5 Å². The minimum atomic E-state index is -0.369. The lowest BCUT2D eigenvalue weighted by atomic mass is 9.92. The van der Waals surface area contributed by atoms with Crippen LogP contribution in [0.2, 0.25) is 0 Å². The summed E-state index contributed by atoms with van der Waals surface area (Å²) in [5, 5.41) is 9.15. The van der Waals surface area contributed by atoms with Gasteiger partial charge in [-0.15, -0.1) is 0 Å². The highest BCUT2D eigenvalue weighted by Crippen LogP contribution is 2.42. The minimum Gasteiger partial charge on any atom is -0.454 e. The maximum atomic E-state index is 9.15. The molecule has 0 spiro atoms. The molecule has 1 aromatic carbocycles. The summed E-state index contributed by atoms with van der Waals surface area (Å²) in [6.45, 7) is 4.34. The van der Waals surface area contributed by atoms with Gasteiger partial charge in [0.1, 0.15) is 0 Å². The number of aliphatic hydroxyl groups is 1. The van der Waals surface area contributed by atoms with E-state index in [9.17, 15) is 0 Å². The van der Waals surface area contributed by atoms with E-state index in [1.165, 1.54) is 0 Å². The number of hydrogen-bond acceptors (Lipinski definition) is 4. The lowest BCUT2D eigenvalue weighted by Crippen LogP contribution is -2.17. The summed E-state index contributed by atoms with van der Waals surface area (Å²) in [7, 11) is 0. The largest absolute Gasteiger partial charge is 0.454 e. The van der Waals surface area contributed by atoms with Gasteiger partial charge in [0.15, 0.2) is 11.5 Å². The number of fused-ring (bicyclic) bond motifs is 1. The lowest BCUT2D eigenvalue weighted by molar-refractivity contribution is 0.173. The third-order valence-corrected chi connectivity index (χ3v) is 2.78. The second kappa shape index (κ2) is 4.31. The third kappa shape index (κ3) is 1.74. The van der Waals surface area contributed by atoms with Crippen LogP contribution in [-0.2, 0) is 0 Å². The highest BCUT2D eigenvalue weighted by molar-refractivity contribution is 5.54. The Morgan fingerprint density at radius 3 is 2.75 bits per heavy atom. The van der Waals surface area contributed by atoms with Crippen LogP contribution < -0.4 is 15.2 Å². The van der Waals surface area contributed by atoms with Crippen molar-refractivity contribution in [3.05, 3.63) is 23.3 Å². The first-order valence-electron chi connectivity index (χ1n) is 5.44. The number of nitrogens with two attached hydrogens (primary N) is 1. The van der Waals surface area contributed by atoms with Gasteiger partial charge in [0.25, 0.3) is 0 Å². The van der Waals surface area contributed by atoms with E-state index in [-0.39, 0.29) is 25.4 Å². The van der Waals surface area contributed by atoms with Crippen molar-refractivity contribution in [2.75, 3.05) is 13.4 Å². The molecule has 88 valence electrons. The normalized spacial score (nSPS) is 15.6. The Morgan fingerprint density at radius 2 is 2.12 bits per heavy atom. The topological polar surface area (TPSA) is 64.7 Å². The lowest BCUT2D eigenvalue weighted by Gasteiger charge is -2.18. The summed E-state index contributed by atoms with van der Waals surface area (Å²) >= 11 is 0. The number of rotatable bonds is 3. The molecule has 1 aromatic rings. The molecular weight excluding hydrogens is 206 g/mol. The molecule has 2 rings (SSSR count). The summed E-state index contributed by atoms with van der Waals surface area (Å²) in [5.41, 5.74) is 7.85. The molecule has 0 aromatic heterocycles. The summed E-state index contributed by atoms with van der Waals surface area (Å²) in [4.78, 5) is 0. The Morgan fingerprint density at radius 1 is 1.38 bits per heavy atom. The molecule has 0 bridgehead atoms. The maximum absolute atomic E-state index is 9.15. The van der Waals surface area contributed by atoms with E-state index in [4.69, 9.17) is 20.3 Å². The van der Waals surface area contributed by atoms with E-state index < -0.39 is 0 Å². The van der Waals surface area contributed by atoms with Gasteiger partial charge in [-0.2, -0.15) is 0 Å². The molecule has 0 amide bonds. The molecule has 1 atom stereocenters. The van der Waals surface area contributed by atoms with Gasteiger partial charge in [-0.3, -0.25) is 0 Å². The fourth-order valence-corrected chi connectivity index (χ4v) is 2.03. The van der Waals surface area contributed by atoms with E-state index in [1.54, 1.807) is 0 Å². The summed E-state index contributed by atoms with van der Waals surface area (Å²) in [6.07, 6.45) is 0. The molecular formula is C12H17NO3. The van der Waals surface area contributed by atoms with E-state index in [1.807, 2.05) is 12.1 Å². The predicted molar refractivity (Wildman–Crippen MR) is 60.7 cm³/mol. The van der Waals surface area contributed by atoms with E-state index in [2.05, 4.69) is 13.8 Å². The van der Waals surface area contributed by atoms with Crippen molar-refractivity contribution in [1.29, 1.82) is 0 Å². The van der Waals surface area contributed by atoms with Crippen LogP contribution in [0.15, 0.2) is 12.1 Å². The fraction of sp³-hybridized carbons (Fsp3) is 0.500. The monoisotopic (exact) mass is 223 g/mol. The van der Waals surface area contributed by atoms with Gasteiger partial charge >= 0.3 is 0 Å². The van der Waals surface area contributed by atoms with Gasteiger partial charge in [-0.05, 0) is 17.5 Å². The van der Waals surface area contributed by atoms with Crippen LogP contribution in [0.3, 0.4) is 0 Å². The number of ether oxygens (including phenoxy) is 2. The molecule has 1 aliphatic heterocycles. The Hall–Kier alpha value is -1.26. The van der Waals surface area contributed by atoms with Crippen molar-refractivity contribution in [1.82, 2.24) is 0 Å². The average Bonchev–Trinajstić information content (AvgIpc) is 2.73. The van der Waals surface area contributed by atoms with Gasteiger partial charge in [0.05, 0.1) is 12.6 Å². The molecule has 1 aliphatic rings. The van der Waals surface area contributed by atoms with E-state index in [0.717, 1.165) is 22.6 Å². The Kier molecular flexibility index (Phi) is 3.03. The van der Waals surface area contributed by atoms with Crippen molar-refractivity contribution in [3.63, 3.8) is 0 Å². The average molecular weight is 223 g/mol. The fourth-order valence-electron chi connectivity index (χ4n) is 2.03. The molecule has 0 saturated heterocycles. The molecule has 4 nitrogen and oxygen atoms in total. The first-order valence-corrected chi connectivity index (χ1v) is 5.44. The Bertz CT molecular complexity index is 390.